The summed E-state index contributed by atoms with van der Waals surface area (Å²) >= 11 is 0. The van der Waals surface area contributed by atoms with Crippen LogP contribution in [0.15, 0.2) is 0 Å². The zero-order chi connectivity index (χ0) is 9.26. The number of nitrogens with zero attached hydrogens (tertiary/aromatic N) is 1. The largest absolute Gasteiger partial charge is 0.297 e. The zero-order valence-corrected chi connectivity index (χ0v) is 9.13. The molecule has 2 rings (SSSR count). The van der Waals surface area contributed by atoms with Crippen LogP contribution in [0.2, 0.25) is 0 Å². The molecule has 0 N–H and O–H groups in total. The highest BCUT2D eigenvalue weighted by Gasteiger charge is 2.36. The Morgan fingerprint density at radius 2 is 1.92 bits per heavy atom. The minimum Gasteiger partial charge on any atom is -0.297 e. The third kappa shape index (κ3) is 2.07. The molecule has 1 heteroatoms. The lowest BCUT2D eigenvalue weighted by molar-refractivity contribution is 0.0767. The van der Waals surface area contributed by atoms with Crippen molar-refractivity contribution in [1.29, 1.82) is 0 Å². The molecule has 2 aliphatic carbocycles. The van der Waals surface area contributed by atoms with Crippen molar-refractivity contribution in [2.24, 2.45) is 5.92 Å². The summed E-state index contributed by atoms with van der Waals surface area (Å²) in [4.78, 5) is 2.79. The van der Waals surface area contributed by atoms with Crippen LogP contribution in [-0.2, 0) is 0 Å². The molecule has 13 heavy (non-hydrogen) atoms. The second-order valence-corrected chi connectivity index (χ2v) is 4.90. The van der Waals surface area contributed by atoms with Gasteiger partial charge in [-0.3, -0.25) is 4.90 Å². The van der Waals surface area contributed by atoms with Crippen LogP contribution >= 0.6 is 0 Å². The van der Waals surface area contributed by atoms with Gasteiger partial charge in [-0.1, -0.05) is 13.3 Å². The molecule has 1 atom stereocenters. The van der Waals surface area contributed by atoms with Crippen molar-refractivity contribution in [1.82, 2.24) is 4.90 Å². The molecule has 1 nitrogen and oxygen atoms in total. The Labute approximate surface area is 82.5 Å². The molecule has 0 bridgehead atoms. The fraction of sp³-hybridized carbons (Fsp3) is 1.00. The monoisotopic (exact) mass is 181 g/mol. The average Bonchev–Trinajstić information content (AvgIpc) is 2.81. The number of hydrogen-bond donors (Lipinski definition) is 0. The third-order valence-electron chi connectivity index (χ3n) is 3.85. The van der Waals surface area contributed by atoms with Gasteiger partial charge >= 0.3 is 0 Å². The lowest BCUT2D eigenvalue weighted by atomic mass is 9.89. The second kappa shape index (κ2) is 4.00. The van der Waals surface area contributed by atoms with E-state index in [-0.39, 0.29) is 0 Å². The molecular formula is C12H23N. The van der Waals surface area contributed by atoms with Crippen LogP contribution in [0.4, 0.5) is 0 Å². The fourth-order valence-electron chi connectivity index (χ4n) is 2.54. The summed E-state index contributed by atoms with van der Waals surface area (Å²) in [6.45, 7) is 6.10. The second-order valence-electron chi connectivity index (χ2n) is 4.90. The van der Waals surface area contributed by atoms with Crippen molar-refractivity contribution >= 4 is 0 Å². The molecular weight excluding hydrogens is 158 g/mol. The van der Waals surface area contributed by atoms with Gasteiger partial charge in [0.2, 0.25) is 0 Å². The molecule has 2 fully saturated rings. The highest BCUT2D eigenvalue weighted by molar-refractivity contribution is 4.90. The summed E-state index contributed by atoms with van der Waals surface area (Å²) in [5, 5.41) is 0. The lowest BCUT2D eigenvalue weighted by Gasteiger charge is -2.41. The van der Waals surface area contributed by atoms with Crippen molar-refractivity contribution in [3.63, 3.8) is 0 Å². The molecule has 0 heterocycles. The van der Waals surface area contributed by atoms with Crippen LogP contribution in [0, 0.1) is 5.92 Å². The minimum atomic E-state index is 0.880. The summed E-state index contributed by atoms with van der Waals surface area (Å²) in [7, 11) is 0. The average molecular weight is 181 g/mol. The van der Waals surface area contributed by atoms with E-state index in [2.05, 4.69) is 18.7 Å². The first-order chi connectivity index (χ1) is 6.33. The minimum absolute atomic E-state index is 0.880. The van der Waals surface area contributed by atoms with Crippen molar-refractivity contribution in [2.75, 3.05) is 6.54 Å². The molecule has 0 amide bonds. The predicted molar refractivity (Wildman–Crippen MR) is 56.8 cm³/mol. The van der Waals surface area contributed by atoms with E-state index in [0.29, 0.717) is 0 Å². The Hall–Kier alpha value is -0.0400. The van der Waals surface area contributed by atoms with E-state index in [9.17, 15) is 0 Å². The maximum Gasteiger partial charge on any atom is 0.00982 e. The van der Waals surface area contributed by atoms with Gasteiger partial charge in [0.15, 0.2) is 0 Å². The van der Waals surface area contributed by atoms with Gasteiger partial charge in [-0.2, -0.15) is 0 Å². The van der Waals surface area contributed by atoms with Gasteiger partial charge in [-0.25, -0.2) is 0 Å². The molecule has 0 saturated heterocycles. The maximum absolute atomic E-state index is 2.79. The molecule has 0 aromatic rings. The Morgan fingerprint density at radius 3 is 2.31 bits per heavy atom. The smallest absolute Gasteiger partial charge is 0.00982 e. The van der Waals surface area contributed by atoms with Crippen molar-refractivity contribution in [3.8, 4) is 0 Å². The normalized spacial score (nSPS) is 26.1. The summed E-state index contributed by atoms with van der Waals surface area (Å²) in [5.41, 5.74) is 0. The van der Waals surface area contributed by atoms with Gasteiger partial charge in [-0.15, -0.1) is 0 Å². The van der Waals surface area contributed by atoms with Gasteiger partial charge in [0, 0.05) is 12.1 Å². The van der Waals surface area contributed by atoms with Gasteiger partial charge in [0.05, 0.1) is 0 Å². The molecule has 1 unspecified atom stereocenters. The van der Waals surface area contributed by atoms with Crippen molar-refractivity contribution in [3.05, 3.63) is 0 Å². The predicted octanol–water partition coefficient (Wildman–Crippen LogP) is 3.05. The highest BCUT2D eigenvalue weighted by atomic mass is 15.2. The summed E-state index contributed by atoms with van der Waals surface area (Å²) in [6.07, 6.45) is 8.73. The molecule has 0 spiro atoms. The Kier molecular flexibility index (Phi) is 2.92. The Bertz CT molecular complexity index is 159. The van der Waals surface area contributed by atoms with E-state index in [1.165, 1.54) is 45.1 Å². The third-order valence-corrected chi connectivity index (χ3v) is 3.85. The van der Waals surface area contributed by atoms with E-state index in [1.54, 1.807) is 0 Å². The molecule has 2 saturated carbocycles. The van der Waals surface area contributed by atoms with Crippen LogP contribution in [-0.4, -0.2) is 23.5 Å². The summed E-state index contributed by atoms with van der Waals surface area (Å²) < 4.78 is 0. The van der Waals surface area contributed by atoms with Crippen LogP contribution < -0.4 is 0 Å². The lowest BCUT2D eigenvalue weighted by Crippen LogP contribution is -2.46. The number of rotatable bonds is 5. The Morgan fingerprint density at radius 1 is 1.23 bits per heavy atom. The summed E-state index contributed by atoms with van der Waals surface area (Å²) in [6, 6.07) is 1.83. The van der Waals surface area contributed by atoms with E-state index >= 15 is 0 Å². The van der Waals surface area contributed by atoms with Gasteiger partial charge in [0.25, 0.3) is 0 Å². The van der Waals surface area contributed by atoms with Gasteiger partial charge < -0.3 is 0 Å². The molecule has 0 radical (unpaired) electrons. The zero-order valence-electron chi connectivity index (χ0n) is 9.13. The topological polar surface area (TPSA) is 3.24 Å². The standard InChI is InChI=1S/C12H23N/c1-3-9-13(12-5-4-6-12)10(2)11-7-8-11/h10-12H,3-9H2,1-2H3. The highest BCUT2D eigenvalue weighted by Crippen LogP contribution is 2.38. The van der Waals surface area contributed by atoms with E-state index in [4.69, 9.17) is 0 Å². The summed E-state index contributed by atoms with van der Waals surface area (Å²) in [5.74, 6) is 1.05. The number of hydrogen-bond acceptors (Lipinski definition) is 1. The van der Waals surface area contributed by atoms with Crippen LogP contribution in [0.3, 0.4) is 0 Å². The Balaban J connectivity index is 1.86. The van der Waals surface area contributed by atoms with Crippen molar-refractivity contribution in [2.45, 2.75) is 64.5 Å². The van der Waals surface area contributed by atoms with Crippen LogP contribution in [0.25, 0.3) is 0 Å². The van der Waals surface area contributed by atoms with E-state index in [0.717, 1.165) is 18.0 Å². The first-order valence-corrected chi connectivity index (χ1v) is 6.08. The van der Waals surface area contributed by atoms with Gasteiger partial charge in [-0.05, 0) is 51.5 Å². The quantitative estimate of drug-likeness (QED) is 0.630. The SMILES string of the molecule is CCCN(C1CCC1)C(C)C1CC1. The fourth-order valence-corrected chi connectivity index (χ4v) is 2.54. The van der Waals surface area contributed by atoms with Gasteiger partial charge in [0.1, 0.15) is 0 Å². The molecule has 0 aliphatic heterocycles. The van der Waals surface area contributed by atoms with Crippen LogP contribution in [0.5, 0.6) is 0 Å². The maximum atomic E-state index is 2.79. The van der Waals surface area contributed by atoms with E-state index in [1.807, 2.05) is 0 Å². The molecule has 0 aromatic heterocycles. The molecule has 0 aromatic carbocycles. The first-order valence-electron chi connectivity index (χ1n) is 6.08. The first kappa shape index (κ1) is 9.51. The van der Waals surface area contributed by atoms with Crippen LogP contribution in [0.1, 0.15) is 52.4 Å². The molecule has 76 valence electrons. The molecule has 2 aliphatic rings. The van der Waals surface area contributed by atoms with E-state index < -0.39 is 0 Å². The van der Waals surface area contributed by atoms with Crippen molar-refractivity contribution < 1.29 is 0 Å².